The predicted molar refractivity (Wildman–Crippen MR) is 115 cm³/mol. The number of hydrogen-bond acceptors (Lipinski definition) is 4. The van der Waals surface area contributed by atoms with E-state index < -0.39 is 0 Å². The fourth-order valence-corrected chi connectivity index (χ4v) is 3.48. The molecule has 0 aliphatic heterocycles. The van der Waals surface area contributed by atoms with E-state index in [-0.39, 0.29) is 5.91 Å². The Kier molecular flexibility index (Phi) is 6.72. The molecule has 3 rings (SSSR count). The van der Waals surface area contributed by atoms with Crippen LogP contribution >= 0.6 is 34.5 Å². The maximum Gasteiger partial charge on any atom is 0.224 e. The van der Waals surface area contributed by atoms with Gasteiger partial charge < -0.3 is 10.6 Å². The Labute approximate surface area is 172 Å². The van der Waals surface area contributed by atoms with Crippen molar-refractivity contribution < 1.29 is 4.79 Å². The first-order chi connectivity index (χ1) is 13.0. The van der Waals surface area contributed by atoms with E-state index in [0.29, 0.717) is 16.5 Å². The lowest BCUT2D eigenvalue weighted by molar-refractivity contribution is -0.116. The van der Waals surface area contributed by atoms with Gasteiger partial charge in [-0.1, -0.05) is 48.7 Å². The molecule has 0 aliphatic carbocycles. The molecule has 0 spiro atoms. The first-order valence-corrected chi connectivity index (χ1v) is 10.3. The fraction of sp³-hybridized carbons (Fsp3) is 0.200. The minimum Gasteiger partial charge on any atom is -0.331 e. The second-order valence-electron chi connectivity index (χ2n) is 6.02. The van der Waals surface area contributed by atoms with Gasteiger partial charge in [-0.05, 0) is 36.8 Å². The smallest absolute Gasteiger partial charge is 0.224 e. The monoisotopic (exact) mass is 419 g/mol. The number of benzene rings is 2. The van der Waals surface area contributed by atoms with Crippen LogP contribution in [-0.2, 0) is 4.79 Å². The van der Waals surface area contributed by atoms with Crippen LogP contribution in [0.4, 0.5) is 16.5 Å². The summed E-state index contributed by atoms with van der Waals surface area (Å²) in [6.07, 6.45) is 2.46. The number of amides is 1. The Morgan fingerprint density at radius 2 is 1.81 bits per heavy atom. The van der Waals surface area contributed by atoms with Crippen molar-refractivity contribution in [3.05, 3.63) is 57.9 Å². The van der Waals surface area contributed by atoms with Gasteiger partial charge in [-0.2, -0.15) is 0 Å². The average molecular weight is 420 g/mol. The van der Waals surface area contributed by atoms with Crippen molar-refractivity contribution in [2.24, 2.45) is 0 Å². The van der Waals surface area contributed by atoms with Crippen LogP contribution in [0.2, 0.25) is 10.0 Å². The van der Waals surface area contributed by atoms with E-state index in [1.807, 2.05) is 35.7 Å². The van der Waals surface area contributed by atoms with Crippen LogP contribution in [-0.4, -0.2) is 10.9 Å². The number of halogens is 2. The van der Waals surface area contributed by atoms with Gasteiger partial charge in [0.05, 0.1) is 15.7 Å². The standard InChI is InChI=1S/C20H19Cl2N3OS/c1-2-3-4-19(26)23-14-7-5-13(6-8-14)18-12-27-20(25-18)24-15-9-10-16(21)17(22)11-15/h5-12H,2-4H2,1H3,(H,23,26)(H,24,25). The summed E-state index contributed by atoms with van der Waals surface area (Å²) in [7, 11) is 0. The van der Waals surface area contributed by atoms with Gasteiger partial charge in [0.1, 0.15) is 0 Å². The highest BCUT2D eigenvalue weighted by molar-refractivity contribution is 7.14. The molecular weight excluding hydrogens is 401 g/mol. The van der Waals surface area contributed by atoms with Gasteiger partial charge >= 0.3 is 0 Å². The van der Waals surface area contributed by atoms with E-state index in [4.69, 9.17) is 23.2 Å². The van der Waals surface area contributed by atoms with E-state index in [1.165, 1.54) is 11.3 Å². The zero-order valence-electron chi connectivity index (χ0n) is 14.8. The van der Waals surface area contributed by atoms with Gasteiger partial charge in [0.25, 0.3) is 0 Å². The predicted octanol–water partition coefficient (Wildman–Crippen LogP) is 6.99. The summed E-state index contributed by atoms with van der Waals surface area (Å²) in [5.41, 5.74) is 3.48. The van der Waals surface area contributed by atoms with Crippen molar-refractivity contribution >= 4 is 57.0 Å². The molecule has 140 valence electrons. The number of carbonyl (C=O) groups is 1. The first kappa shape index (κ1) is 19.7. The highest BCUT2D eigenvalue weighted by atomic mass is 35.5. The number of nitrogens with zero attached hydrogens (tertiary/aromatic N) is 1. The Morgan fingerprint density at radius 3 is 2.52 bits per heavy atom. The molecule has 0 bridgehead atoms. The molecule has 1 heterocycles. The Hall–Kier alpha value is -2.08. The molecule has 0 fully saturated rings. The molecule has 0 aliphatic rings. The number of thiazole rings is 1. The van der Waals surface area contributed by atoms with Gasteiger partial charge in [0.15, 0.2) is 5.13 Å². The molecule has 0 saturated heterocycles. The van der Waals surface area contributed by atoms with E-state index in [1.54, 1.807) is 12.1 Å². The third-order valence-electron chi connectivity index (χ3n) is 3.90. The van der Waals surface area contributed by atoms with Crippen LogP contribution in [0.15, 0.2) is 47.8 Å². The largest absolute Gasteiger partial charge is 0.331 e. The van der Waals surface area contributed by atoms with Gasteiger partial charge in [0, 0.05) is 28.7 Å². The summed E-state index contributed by atoms with van der Waals surface area (Å²) in [6.45, 7) is 2.07. The van der Waals surface area contributed by atoms with E-state index in [2.05, 4.69) is 22.5 Å². The molecule has 0 unspecified atom stereocenters. The average Bonchev–Trinajstić information content (AvgIpc) is 3.12. The number of hydrogen-bond donors (Lipinski definition) is 2. The molecule has 1 aromatic heterocycles. The molecule has 3 aromatic rings. The molecule has 0 saturated carbocycles. The molecule has 2 aromatic carbocycles. The van der Waals surface area contributed by atoms with Crippen LogP contribution in [0.3, 0.4) is 0 Å². The lowest BCUT2D eigenvalue weighted by atomic mass is 10.1. The van der Waals surface area contributed by atoms with Crippen LogP contribution in [0.25, 0.3) is 11.3 Å². The SMILES string of the molecule is CCCCC(=O)Nc1ccc(-c2csc(Nc3ccc(Cl)c(Cl)c3)n2)cc1. The Morgan fingerprint density at radius 1 is 1.07 bits per heavy atom. The molecule has 0 radical (unpaired) electrons. The minimum absolute atomic E-state index is 0.0476. The topological polar surface area (TPSA) is 54.0 Å². The summed E-state index contributed by atoms with van der Waals surface area (Å²) < 4.78 is 0. The summed E-state index contributed by atoms with van der Waals surface area (Å²) in [5.74, 6) is 0.0476. The number of nitrogens with one attached hydrogen (secondary N) is 2. The Balaban J connectivity index is 1.65. The zero-order valence-corrected chi connectivity index (χ0v) is 17.1. The van der Waals surface area contributed by atoms with Crippen LogP contribution in [0, 0.1) is 0 Å². The number of anilines is 3. The molecule has 27 heavy (non-hydrogen) atoms. The molecular formula is C20H19Cl2N3OS. The molecule has 4 nitrogen and oxygen atoms in total. The summed E-state index contributed by atoms with van der Waals surface area (Å²) >= 11 is 13.5. The lowest BCUT2D eigenvalue weighted by Crippen LogP contribution is -2.10. The van der Waals surface area contributed by atoms with Gasteiger partial charge in [-0.3, -0.25) is 4.79 Å². The molecule has 1 amide bonds. The van der Waals surface area contributed by atoms with Crippen LogP contribution in [0.5, 0.6) is 0 Å². The van der Waals surface area contributed by atoms with Gasteiger partial charge in [-0.25, -0.2) is 4.98 Å². The van der Waals surface area contributed by atoms with E-state index >= 15 is 0 Å². The minimum atomic E-state index is 0.0476. The van der Waals surface area contributed by atoms with Crippen LogP contribution in [0.1, 0.15) is 26.2 Å². The third-order valence-corrected chi connectivity index (χ3v) is 5.39. The summed E-state index contributed by atoms with van der Waals surface area (Å²) in [4.78, 5) is 16.4. The normalized spacial score (nSPS) is 10.6. The van der Waals surface area contributed by atoms with E-state index in [0.717, 1.165) is 40.6 Å². The maximum absolute atomic E-state index is 11.8. The molecule has 7 heteroatoms. The number of rotatable bonds is 7. The second-order valence-corrected chi connectivity index (χ2v) is 7.69. The summed E-state index contributed by atoms with van der Waals surface area (Å²) in [6, 6.07) is 13.1. The van der Waals surface area contributed by atoms with Crippen molar-refractivity contribution in [2.75, 3.05) is 10.6 Å². The van der Waals surface area contributed by atoms with Crippen molar-refractivity contribution in [3.8, 4) is 11.3 Å². The lowest BCUT2D eigenvalue weighted by Gasteiger charge is -2.05. The fourth-order valence-electron chi connectivity index (χ4n) is 2.45. The number of carbonyl (C=O) groups excluding carboxylic acids is 1. The third kappa shape index (κ3) is 5.45. The highest BCUT2D eigenvalue weighted by Crippen LogP contribution is 2.30. The quantitative estimate of drug-likeness (QED) is 0.433. The van der Waals surface area contributed by atoms with Crippen molar-refractivity contribution in [2.45, 2.75) is 26.2 Å². The van der Waals surface area contributed by atoms with Crippen molar-refractivity contribution in [1.82, 2.24) is 4.98 Å². The van der Waals surface area contributed by atoms with Crippen molar-refractivity contribution in [1.29, 1.82) is 0 Å². The van der Waals surface area contributed by atoms with Crippen molar-refractivity contribution in [3.63, 3.8) is 0 Å². The van der Waals surface area contributed by atoms with E-state index in [9.17, 15) is 4.79 Å². The highest BCUT2D eigenvalue weighted by Gasteiger charge is 2.07. The molecule has 0 atom stereocenters. The van der Waals surface area contributed by atoms with Gasteiger partial charge in [0.2, 0.25) is 5.91 Å². The zero-order chi connectivity index (χ0) is 19.2. The van der Waals surface area contributed by atoms with Crippen LogP contribution < -0.4 is 10.6 Å². The Bertz CT molecular complexity index is 925. The second kappa shape index (κ2) is 9.22. The first-order valence-electron chi connectivity index (χ1n) is 8.63. The maximum atomic E-state index is 11.8. The number of aromatic nitrogens is 1. The summed E-state index contributed by atoms with van der Waals surface area (Å²) in [5, 5.41) is 9.90. The van der Waals surface area contributed by atoms with Gasteiger partial charge in [-0.15, -0.1) is 11.3 Å². The number of unbranched alkanes of at least 4 members (excludes halogenated alkanes) is 1. The molecule has 2 N–H and O–H groups in total.